The van der Waals surface area contributed by atoms with E-state index in [1.807, 2.05) is 44.0 Å². The topological polar surface area (TPSA) is 61.4 Å². The van der Waals surface area contributed by atoms with Crippen molar-refractivity contribution >= 4 is 41.2 Å². The molecule has 3 rings (SSSR count). The second-order valence-corrected chi connectivity index (χ2v) is 7.77. The SMILES string of the molecule is CNCC(C)C(=O)Nc1cccc(C(=O)N2CCc3sccc3C2)c1C.Cl. The van der Waals surface area contributed by atoms with E-state index in [4.69, 9.17) is 0 Å². The lowest BCUT2D eigenvalue weighted by Crippen LogP contribution is -2.36. The Morgan fingerprint density at radius 1 is 1.30 bits per heavy atom. The van der Waals surface area contributed by atoms with Crippen LogP contribution in [0.3, 0.4) is 0 Å². The van der Waals surface area contributed by atoms with Crippen LogP contribution in [0.1, 0.15) is 33.3 Å². The fourth-order valence-corrected chi connectivity index (χ4v) is 4.14. The van der Waals surface area contributed by atoms with Gasteiger partial charge >= 0.3 is 0 Å². The molecule has 0 saturated carbocycles. The quantitative estimate of drug-likeness (QED) is 0.797. The first-order chi connectivity index (χ1) is 12.5. The number of nitrogens with zero attached hydrogens (tertiary/aromatic N) is 1. The summed E-state index contributed by atoms with van der Waals surface area (Å²) in [5.41, 5.74) is 3.43. The molecule has 7 heteroatoms. The molecule has 0 aliphatic carbocycles. The summed E-state index contributed by atoms with van der Waals surface area (Å²) in [5, 5.41) is 8.05. The summed E-state index contributed by atoms with van der Waals surface area (Å²) in [4.78, 5) is 28.6. The first-order valence-electron chi connectivity index (χ1n) is 8.91. The average Bonchev–Trinajstić information content (AvgIpc) is 3.10. The molecule has 2 N–H and O–H groups in total. The Kier molecular flexibility index (Phi) is 7.41. The van der Waals surface area contributed by atoms with Gasteiger partial charge in [0, 0.05) is 41.7 Å². The fraction of sp³-hybridized carbons (Fsp3) is 0.400. The van der Waals surface area contributed by atoms with Crippen molar-refractivity contribution in [3.8, 4) is 0 Å². The maximum atomic E-state index is 13.0. The fourth-order valence-electron chi connectivity index (χ4n) is 3.25. The molecule has 5 nitrogen and oxygen atoms in total. The highest BCUT2D eigenvalue weighted by atomic mass is 35.5. The Bertz CT molecular complexity index is 821. The van der Waals surface area contributed by atoms with E-state index in [1.54, 1.807) is 11.3 Å². The minimum Gasteiger partial charge on any atom is -0.334 e. The highest BCUT2D eigenvalue weighted by Gasteiger charge is 2.24. The van der Waals surface area contributed by atoms with Crippen LogP contribution in [-0.2, 0) is 17.8 Å². The number of carbonyl (C=O) groups excluding carboxylic acids is 2. The average molecular weight is 408 g/mol. The second kappa shape index (κ2) is 9.35. The molecule has 2 heterocycles. The van der Waals surface area contributed by atoms with Crippen LogP contribution >= 0.6 is 23.7 Å². The van der Waals surface area contributed by atoms with Crippen molar-refractivity contribution in [2.24, 2.45) is 5.92 Å². The van der Waals surface area contributed by atoms with E-state index < -0.39 is 0 Å². The highest BCUT2D eigenvalue weighted by Crippen LogP contribution is 2.27. The van der Waals surface area contributed by atoms with Gasteiger partial charge in [0.2, 0.25) is 5.91 Å². The molecule has 0 radical (unpaired) electrons. The van der Waals surface area contributed by atoms with E-state index in [0.29, 0.717) is 24.3 Å². The van der Waals surface area contributed by atoms with Gasteiger partial charge in [-0.15, -0.1) is 23.7 Å². The second-order valence-electron chi connectivity index (χ2n) is 6.77. The highest BCUT2D eigenvalue weighted by molar-refractivity contribution is 7.10. The zero-order chi connectivity index (χ0) is 18.7. The molecule has 0 saturated heterocycles. The van der Waals surface area contributed by atoms with Gasteiger partial charge in [0.15, 0.2) is 0 Å². The van der Waals surface area contributed by atoms with Gasteiger partial charge in [-0.05, 0) is 55.1 Å². The summed E-state index contributed by atoms with van der Waals surface area (Å²) in [6.07, 6.45) is 0.912. The maximum absolute atomic E-state index is 13.0. The van der Waals surface area contributed by atoms with E-state index in [-0.39, 0.29) is 30.1 Å². The lowest BCUT2D eigenvalue weighted by Gasteiger charge is -2.28. The monoisotopic (exact) mass is 407 g/mol. The van der Waals surface area contributed by atoms with Crippen molar-refractivity contribution in [2.45, 2.75) is 26.8 Å². The first-order valence-corrected chi connectivity index (χ1v) is 9.78. The zero-order valence-corrected chi connectivity index (χ0v) is 17.5. The number of nitrogens with one attached hydrogen (secondary N) is 2. The minimum atomic E-state index is -0.141. The number of hydrogen-bond donors (Lipinski definition) is 2. The van der Waals surface area contributed by atoms with Crippen molar-refractivity contribution < 1.29 is 9.59 Å². The van der Waals surface area contributed by atoms with Gasteiger partial charge in [0.05, 0.1) is 0 Å². The van der Waals surface area contributed by atoms with Crippen LogP contribution in [0.4, 0.5) is 5.69 Å². The van der Waals surface area contributed by atoms with E-state index in [0.717, 1.165) is 18.5 Å². The van der Waals surface area contributed by atoms with Crippen LogP contribution in [-0.4, -0.2) is 36.9 Å². The van der Waals surface area contributed by atoms with Crippen molar-refractivity contribution in [3.63, 3.8) is 0 Å². The summed E-state index contributed by atoms with van der Waals surface area (Å²) in [7, 11) is 1.83. The summed E-state index contributed by atoms with van der Waals surface area (Å²) < 4.78 is 0. The van der Waals surface area contributed by atoms with Gasteiger partial charge in [0.1, 0.15) is 0 Å². The van der Waals surface area contributed by atoms with Crippen molar-refractivity contribution in [1.82, 2.24) is 10.2 Å². The van der Waals surface area contributed by atoms with Crippen LogP contribution in [0, 0.1) is 12.8 Å². The molecule has 2 aromatic rings. The zero-order valence-electron chi connectivity index (χ0n) is 15.9. The maximum Gasteiger partial charge on any atom is 0.254 e. The van der Waals surface area contributed by atoms with Gasteiger partial charge < -0.3 is 15.5 Å². The molecule has 0 spiro atoms. The third-order valence-electron chi connectivity index (χ3n) is 4.87. The lowest BCUT2D eigenvalue weighted by atomic mass is 10.0. The van der Waals surface area contributed by atoms with Gasteiger partial charge in [-0.3, -0.25) is 9.59 Å². The summed E-state index contributed by atoms with van der Waals surface area (Å²) in [5.74, 6) is -0.162. The van der Waals surface area contributed by atoms with Gasteiger partial charge in [-0.1, -0.05) is 13.0 Å². The Hall–Kier alpha value is -1.89. The normalized spacial score (nSPS) is 14.1. The van der Waals surface area contributed by atoms with Gasteiger partial charge in [-0.2, -0.15) is 0 Å². The smallest absolute Gasteiger partial charge is 0.254 e. The molecule has 0 fully saturated rings. The number of anilines is 1. The number of rotatable bonds is 5. The van der Waals surface area contributed by atoms with Gasteiger partial charge in [-0.25, -0.2) is 0 Å². The molecule has 1 aromatic carbocycles. The van der Waals surface area contributed by atoms with Crippen molar-refractivity contribution in [1.29, 1.82) is 0 Å². The molecular formula is C20H26ClN3O2S. The third-order valence-corrected chi connectivity index (χ3v) is 5.90. The first kappa shape index (κ1) is 21.4. The van der Waals surface area contributed by atoms with Crippen molar-refractivity contribution in [3.05, 3.63) is 51.2 Å². The van der Waals surface area contributed by atoms with E-state index in [9.17, 15) is 9.59 Å². The Labute approximate surface area is 170 Å². The van der Waals surface area contributed by atoms with Crippen LogP contribution in [0.5, 0.6) is 0 Å². The molecule has 27 heavy (non-hydrogen) atoms. The molecule has 1 aliphatic rings. The molecule has 146 valence electrons. The Balaban J connectivity index is 0.00000261. The number of benzene rings is 1. The number of halogens is 1. The predicted molar refractivity (Wildman–Crippen MR) is 113 cm³/mol. The molecular weight excluding hydrogens is 382 g/mol. The molecule has 1 unspecified atom stereocenters. The number of hydrogen-bond acceptors (Lipinski definition) is 4. The number of carbonyl (C=O) groups is 2. The summed E-state index contributed by atoms with van der Waals surface area (Å²) in [6, 6.07) is 7.63. The third kappa shape index (κ3) is 4.69. The van der Waals surface area contributed by atoms with E-state index in [2.05, 4.69) is 22.1 Å². The van der Waals surface area contributed by atoms with Crippen molar-refractivity contribution in [2.75, 3.05) is 25.5 Å². The summed E-state index contributed by atoms with van der Waals surface area (Å²) >= 11 is 1.76. The lowest BCUT2D eigenvalue weighted by molar-refractivity contribution is -0.119. The van der Waals surface area contributed by atoms with E-state index >= 15 is 0 Å². The van der Waals surface area contributed by atoms with Crippen LogP contribution in [0.25, 0.3) is 0 Å². The van der Waals surface area contributed by atoms with Crippen LogP contribution < -0.4 is 10.6 Å². The number of amides is 2. The van der Waals surface area contributed by atoms with Crippen LogP contribution in [0.15, 0.2) is 29.6 Å². The minimum absolute atomic E-state index is 0. The number of thiophene rings is 1. The largest absolute Gasteiger partial charge is 0.334 e. The predicted octanol–water partition coefficient (Wildman–Crippen LogP) is 3.47. The standard InChI is InChI=1S/C20H25N3O2S.ClH/c1-13(11-21-3)19(24)22-17-6-4-5-16(14(17)2)20(25)23-9-7-18-15(12-23)8-10-26-18;/h4-6,8,10,13,21H,7,9,11-12H2,1-3H3,(H,22,24);1H. The summed E-state index contributed by atoms with van der Waals surface area (Å²) in [6.45, 7) is 5.78. The van der Waals surface area contributed by atoms with Crippen LogP contribution in [0.2, 0.25) is 0 Å². The molecule has 0 bridgehead atoms. The molecule has 1 atom stereocenters. The molecule has 2 amide bonds. The Morgan fingerprint density at radius 2 is 2.07 bits per heavy atom. The molecule has 1 aromatic heterocycles. The number of fused-ring (bicyclic) bond motifs is 1. The Morgan fingerprint density at radius 3 is 2.81 bits per heavy atom. The molecule has 1 aliphatic heterocycles. The van der Waals surface area contributed by atoms with Gasteiger partial charge in [0.25, 0.3) is 5.91 Å². The van der Waals surface area contributed by atoms with E-state index in [1.165, 1.54) is 10.4 Å².